The maximum absolute atomic E-state index is 13.0. The van der Waals surface area contributed by atoms with Gasteiger partial charge in [-0.05, 0) is 43.2 Å². The number of hydrogen-bond donors (Lipinski definition) is 2. The second-order valence-corrected chi connectivity index (χ2v) is 5.94. The molecule has 0 aliphatic carbocycles. The maximum atomic E-state index is 13.0. The van der Waals surface area contributed by atoms with Crippen molar-refractivity contribution >= 4 is 17.6 Å². The van der Waals surface area contributed by atoms with Crippen LogP contribution in [0.1, 0.15) is 25.0 Å². The Labute approximate surface area is 134 Å². The topological polar surface area (TPSA) is 41.1 Å². The van der Waals surface area contributed by atoms with E-state index in [9.17, 15) is 9.18 Å². The molecule has 0 radical (unpaired) electrons. The van der Waals surface area contributed by atoms with Gasteiger partial charge < -0.3 is 10.6 Å². The number of carbonyl (C=O) groups excluding carboxylic acids is 1. The van der Waals surface area contributed by atoms with Crippen molar-refractivity contribution in [3.63, 3.8) is 0 Å². The Morgan fingerprint density at radius 3 is 2.41 bits per heavy atom. The van der Waals surface area contributed by atoms with Crippen molar-refractivity contribution in [1.29, 1.82) is 0 Å². The van der Waals surface area contributed by atoms with E-state index in [0.29, 0.717) is 11.6 Å². The third kappa shape index (κ3) is 4.21. The third-order valence-corrected chi connectivity index (χ3v) is 3.76. The smallest absolute Gasteiger partial charge is 0.315 e. The summed E-state index contributed by atoms with van der Waals surface area (Å²) in [4.78, 5) is 12.0. The molecule has 22 heavy (non-hydrogen) atoms. The molecule has 116 valence electrons. The molecular formula is C17H18ClFN2O. The van der Waals surface area contributed by atoms with E-state index in [-0.39, 0.29) is 11.8 Å². The quantitative estimate of drug-likeness (QED) is 0.870. The standard InChI is InChI=1S/C17H18ClFN2O/c1-17(2,13-7-9-14(19)10-8-13)21-16(22)20-11-12-5-3-4-6-15(12)18/h3-10H,11H2,1-2H3,(H2,20,21,22). The van der Waals surface area contributed by atoms with E-state index in [2.05, 4.69) is 10.6 Å². The Morgan fingerprint density at radius 1 is 1.14 bits per heavy atom. The number of urea groups is 1. The van der Waals surface area contributed by atoms with Gasteiger partial charge in [-0.1, -0.05) is 41.9 Å². The average Bonchev–Trinajstić information content (AvgIpc) is 2.46. The highest BCUT2D eigenvalue weighted by Crippen LogP contribution is 2.20. The molecule has 5 heteroatoms. The summed E-state index contributed by atoms with van der Waals surface area (Å²) < 4.78 is 13.0. The van der Waals surface area contributed by atoms with Crippen LogP contribution in [0.4, 0.5) is 9.18 Å². The Morgan fingerprint density at radius 2 is 1.77 bits per heavy atom. The summed E-state index contributed by atoms with van der Waals surface area (Å²) in [5.74, 6) is -0.303. The number of halogens is 2. The van der Waals surface area contributed by atoms with Gasteiger partial charge in [0.25, 0.3) is 0 Å². The van der Waals surface area contributed by atoms with Gasteiger partial charge >= 0.3 is 6.03 Å². The number of benzene rings is 2. The lowest BCUT2D eigenvalue weighted by Crippen LogP contribution is -2.46. The molecule has 3 nitrogen and oxygen atoms in total. The number of rotatable bonds is 4. The van der Waals surface area contributed by atoms with E-state index in [0.717, 1.165) is 11.1 Å². The van der Waals surface area contributed by atoms with Crippen molar-refractivity contribution in [2.75, 3.05) is 0 Å². The van der Waals surface area contributed by atoms with Crippen molar-refractivity contribution in [3.05, 3.63) is 70.5 Å². The van der Waals surface area contributed by atoms with Crippen LogP contribution in [0.5, 0.6) is 0 Å². The van der Waals surface area contributed by atoms with Gasteiger partial charge in [-0.25, -0.2) is 9.18 Å². The minimum absolute atomic E-state index is 0.303. The minimum atomic E-state index is -0.613. The Bertz CT molecular complexity index is 656. The van der Waals surface area contributed by atoms with Gasteiger partial charge in [-0.3, -0.25) is 0 Å². The molecule has 2 aromatic rings. The molecule has 0 spiro atoms. The molecule has 0 unspecified atom stereocenters. The monoisotopic (exact) mass is 320 g/mol. The van der Waals surface area contributed by atoms with Crippen LogP contribution >= 0.6 is 11.6 Å². The second kappa shape index (κ2) is 6.79. The molecule has 2 N–H and O–H groups in total. The van der Waals surface area contributed by atoms with Crippen LogP contribution < -0.4 is 10.6 Å². The zero-order valence-corrected chi connectivity index (χ0v) is 13.2. The van der Waals surface area contributed by atoms with E-state index in [1.54, 1.807) is 18.2 Å². The van der Waals surface area contributed by atoms with Gasteiger partial charge in [0.1, 0.15) is 5.82 Å². The fraction of sp³-hybridized carbons (Fsp3) is 0.235. The molecule has 0 saturated carbocycles. The molecule has 0 aliphatic heterocycles. The van der Waals surface area contributed by atoms with Gasteiger partial charge in [-0.15, -0.1) is 0 Å². The zero-order valence-electron chi connectivity index (χ0n) is 12.5. The van der Waals surface area contributed by atoms with E-state index in [1.165, 1.54) is 12.1 Å². The first-order chi connectivity index (χ1) is 10.4. The summed E-state index contributed by atoms with van der Waals surface area (Å²) in [6, 6.07) is 13.1. The number of carbonyl (C=O) groups is 1. The summed E-state index contributed by atoms with van der Waals surface area (Å²) in [6.45, 7) is 4.05. The van der Waals surface area contributed by atoms with Crippen molar-refractivity contribution < 1.29 is 9.18 Å². The Balaban J connectivity index is 1.96. The normalized spacial score (nSPS) is 11.1. The van der Waals surface area contributed by atoms with Gasteiger partial charge in [-0.2, -0.15) is 0 Å². The van der Waals surface area contributed by atoms with Gasteiger partial charge in [0.05, 0.1) is 5.54 Å². The molecule has 2 aromatic carbocycles. The average molecular weight is 321 g/mol. The van der Waals surface area contributed by atoms with Crippen LogP contribution in [0.15, 0.2) is 48.5 Å². The van der Waals surface area contributed by atoms with Crippen LogP contribution in [0.3, 0.4) is 0 Å². The summed E-state index contributed by atoms with van der Waals surface area (Å²) in [5, 5.41) is 6.25. The molecule has 2 amide bonds. The Kier molecular flexibility index (Phi) is 5.03. The largest absolute Gasteiger partial charge is 0.334 e. The molecule has 0 bridgehead atoms. The molecule has 0 heterocycles. The SMILES string of the molecule is CC(C)(NC(=O)NCc1ccccc1Cl)c1ccc(F)cc1. The lowest BCUT2D eigenvalue weighted by atomic mass is 9.94. The molecule has 0 saturated heterocycles. The fourth-order valence-corrected chi connectivity index (χ4v) is 2.29. The highest BCUT2D eigenvalue weighted by molar-refractivity contribution is 6.31. The van der Waals surface area contributed by atoms with Gasteiger partial charge in [0, 0.05) is 11.6 Å². The summed E-state index contributed by atoms with van der Waals surface area (Å²) in [6.07, 6.45) is 0. The maximum Gasteiger partial charge on any atom is 0.315 e. The lowest BCUT2D eigenvalue weighted by Gasteiger charge is -2.27. The van der Waals surface area contributed by atoms with E-state index in [4.69, 9.17) is 11.6 Å². The van der Waals surface area contributed by atoms with Crippen LogP contribution in [-0.4, -0.2) is 6.03 Å². The highest BCUT2D eigenvalue weighted by Gasteiger charge is 2.22. The summed E-state index contributed by atoms with van der Waals surface area (Å²) >= 11 is 6.04. The van der Waals surface area contributed by atoms with Gasteiger partial charge in [0.15, 0.2) is 0 Å². The zero-order chi connectivity index (χ0) is 16.2. The first-order valence-corrected chi connectivity index (χ1v) is 7.32. The van der Waals surface area contributed by atoms with Crippen LogP contribution in [0.2, 0.25) is 5.02 Å². The molecule has 2 rings (SSSR count). The molecule has 0 aliphatic rings. The van der Waals surface area contributed by atoms with Crippen molar-refractivity contribution in [1.82, 2.24) is 10.6 Å². The molecular weight excluding hydrogens is 303 g/mol. The third-order valence-electron chi connectivity index (χ3n) is 3.39. The minimum Gasteiger partial charge on any atom is -0.334 e. The molecule has 0 atom stereocenters. The van der Waals surface area contributed by atoms with Crippen molar-refractivity contribution in [2.45, 2.75) is 25.9 Å². The van der Waals surface area contributed by atoms with Crippen molar-refractivity contribution in [2.24, 2.45) is 0 Å². The first-order valence-electron chi connectivity index (χ1n) is 6.94. The number of nitrogens with one attached hydrogen (secondary N) is 2. The second-order valence-electron chi connectivity index (χ2n) is 5.53. The van der Waals surface area contributed by atoms with E-state index < -0.39 is 5.54 Å². The van der Waals surface area contributed by atoms with E-state index in [1.807, 2.05) is 32.0 Å². The van der Waals surface area contributed by atoms with Crippen LogP contribution in [0.25, 0.3) is 0 Å². The van der Waals surface area contributed by atoms with Crippen LogP contribution in [-0.2, 0) is 12.1 Å². The summed E-state index contributed by atoms with van der Waals surface area (Å²) in [5.41, 5.74) is 1.05. The Hall–Kier alpha value is -2.07. The van der Waals surface area contributed by atoms with Gasteiger partial charge in [0.2, 0.25) is 0 Å². The predicted molar refractivity (Wildman–Crippen MR) is 86.2 cm³/mol. The number of hydrogen-bond acceptors (Lipinski definition) is 1. The lowest BCUT2D eigenvalue weighted by molar-refractivity contribution is 0.229. The van der Waals surface area contributed by atoms with Crippen LogP contribution in [0, 0.1) is 5.82 Å². The summed E-state index contributed by atoms with van der Waals surface area (Å²) in [7, 11) is 0. The van der Waals surface area contributed by atoms with Crippen molar-refractivity contribution in [3.8, 4) is 0 Å². The fourth-order valence-electron chi connectivity index (χ4n) is 2.08. The van der Waals surface area contributed by atoms with E-state index >= 15 is 0 Å². The molecule has 0 fully saturated rings. The molecule has 0 aromatic heterocycles. The highest BCUT2D eigenvalue weighted by atomic mass is 35.5. The number of amides is 2. The predicted octanol–water partition coefficient (Wildman–Crippen LogP) is 4.21. The first kappa shape index (κ1) is 16.3.